The summed E-state index contributed by atoms with van der Waals surface area (Å²) in [7, 11) is 1.54. The van der Waals surface area contributed by atoms with E-state index in [9.17, 15) is 15.0 Å². The van der Waals surface area contributed by atoms with Gasteiger partial charge in [-0.1, -0.05) is 18.2 Å². The van der Waals surface area contributed by atoms with E-state index in [1.54, 1.807) is 18.2 Å². The van der Waals surface area contributed by atoms with Gasteiger partial charge in [0.15, 0.2) is 0 Å². The number of carboxylic acids is 1. The highest BCUT2D eigenvalue weighted by molar-refractivity contribution is 5.76. The van der Waals surface area contributed by atoms with Crippen LogP contribution in [-0.4, -0.2) is 35.4 Å². The molecule has 0 spiro atoms. The van der Waals surface area contributed by atoms with Gasteiger partial charge in [0.2, 0.25) is 0 Å². The minimum atomic E-state index is -0.916. The lowest BCUT2D eigenvalue weighted by atomic mass is 9.92. The average Bonchev–Trinajstić information content (AvgIpc) is 2.46. The average molecular weight is 279 g/mol. The number of hydrogen-bond donors (Lipinski definition) is 3. The largest absolute Gasteiger partial charge is 0.496 e. The number of ether oxygens (including phenoxy) is 1. The van der Waals surface area contributed by atoms with Crippen molar-refractivity contribution in [2.24, 2.45) is 0 Å². The van der Waals surface area contributed by atoms with Crippen LogP contribution in [0.1, 0.15) is 37.3 Å². The van der Waals surface area contributed by atoms with E-state index in [1.165, 1.54) is 7.11 Å². The summed E-state index contributed by atoms with van der Waals surface area (Å²) in [5.74, 6) is -0.344. The first-order chi connectivity index (χ1) is 9.61. The second-order valence-corrected chi connectivity index (χ2v) is 5.19. The van der Waals surface area contributed by atoms with Crippen LogP contribution in [0.25, 0.3) is 0 Å². The first-order valence-electron chi connectivity index (χ1n) is 6.91. The van der Waals surface area contributed by atoms with Crippen molar-refractivity contribution in [2.45, 2.75) is 43.9 Å². The molecule has 0 aromatic heterocycles. The number of rotatable bonds is 5. The molecule has 1 aliphatic rings. The van der Waals surface area contributed by atoms with Crippen LogP contribution in [0.4, 0.5) is 0 Å². The molecule has 1 fully saturated rings. The van der Waals surface area contributed by atoms with Crippen molar-refractivity contribution in [3.8, 4) is 5.75 Å². The minimum Gasteiger partial charge on any atom is -0.496 e. The summed E-state index contributed by atoms with van der Waals surface area (Å²) in [6.07, 6.45) is 2.77. The molecule has 0 aliphatic heterocycles. The second kappa shape index (κ2) is 6.72. The number of aliphatic hydroxyl groups excluding tert-OH is 1. The third-order valence-electron chi connectivity index (χ3n) is 3.80. The molecule has 3 N–H and O–H groups in total. The van der Waals surface area contributed by atoms with Gasteiger partial charge >= 0.3 is 5.97 Å². The van der Waals surface area contributed by atoms with E-state index in [2.05, 4.69) is 5.32 Å². The Hall–Kier alpha value is -1.59. The van der Waals surface area contributed by atoms with Crippen LogP contribution in [0.2, 0.25) is 0 Å². The van der Waals surface area contributed by atoms with Crippen LogP contribution in [-0.2, 0) is 4.79 Å². The summed E-state index contributed by atoms with van der Waals surface area (Å²) < 4.78 is 5.24. The Morgan fingerprint density at radius 3 is 2.55 bits per heavy atom. The monoisotopic (exact) mass is 279 g/mol. The predicted molar refractivity (Wildman–Crippen MR) is 74.8 cm³/mol. The highest BCUT2D eigenvalue weighted by atomic mass is 16.5. The molecule has 5 nitrogen and oxygen atoms in total. The van der Waals surface area contributed by atoms with Crippen molar-refractivity contribution in [1.82, 2.24) is 5.32 Å². The Kier molecular flexibility index (Phi) is 4.98. The Bertz CT molecular complexity index is 455. The fraction of sp³-hybridized carbons (Fsp3) is 0.533. The van der Waals surface area contributed by atoms with E-state index in [4.69, 9.17) is 4.74 Å². The van der Waals surface area contributed by atoms with Crippen LogP contribution in [0.3, 0.4) is 0 Å². The van der Waals surface area contributed by atoms with Gasteiger partial charge in [-0.3, -0.25) is 10.1 Å². The van der Waals surface area contributed by atoms with Gasteiger partial charge in [-0.25, -0.2) is 0 Å². The second-order valence-electron chi connectivity index (χ2n) is 5.19. The van der Waals surface area contributed by atoms with Crippen molar-refractivity contribution in [3.05, 3.63) is 29.8 Å². The zero-order valence-electron chi connectivity index (χ0n) is 11.6. The highest BCUT2D eigenvalue weighted by Crippen LogP contribution is 2.27. The maximum Gasteiger partial charge on any atom is 0.325 e. The molecule has 1 aromatic carbocycles. The van der Waals surface area contributed by atoms with Gasteiger partial charge in [-0.15, -0.1) is 0 Å². The molecule has 110 valence electrons. The number of benzene rings is 1. The fourth-order valence-electron chi connectivity index (χ4n) is 2.68. The number of nitrogens with one attached hydrogen (secondary N) is 1. The number of methoxy groups -OCH3 is 1. The number of hydrogen-bond acceptors (Lipinski definition) is 4. The molecule has 5 heteroatoms. The van der Waals surface area contributed by atoms with E-state index < -0.39 is 12.0 Å². The maximum absolute atomic E-state index is 11.5. The SMILES string of the molecule is COc1ccccc1C(NC1CCC(O)CC1)C(=O)O. The summed E-state index contributed by atoms with van der Waals surface area (Å²) in [6, 6.07) is 6.48. The summed E-state index contributed by atoms with van der Waals surface area (Å²) in [5.41, 5.74) is 0.633. The molecule has 1 aromatic rings. The number of aliphatic carboxylic acids is 1. The molecule has 0 saturated heterocycles. The third-order valence-corrected chi connectivity index (χ3v) is 3.80. The van der Waals surface area contributed by atoms with Gasteiger partial charge in [0.05, 0.1) is 13.2 Å². The van der Waals surface area contributed by atoms with Gasteiger partial charge in [-0.2, -0.15) is 0 Å². The van der Waals surface area contributed by atoms with E-state index in [0.29, 0.717) is 11.3 Å². The van der Waals surface area contributed by atoms with E-state index in [-0.39, 0.29) is 12.1 Å². The topological polar surface area (TPSA) is 78.8 Å². The lowest BCUT2D eigenvalue weighted by Crippen LogP contribution is -2.40. The Morgan fingerprint density at radius 2 is 1.95 bits per heavy atom. The van der Waals surface area contributed by atoms with Crippen LogP contribution >= 0.6 is 0 Å². The Balaban J connectivity index is 2.13. The quantitative estimate of drug-likeness (QED) is 0.765. The summed E-state index contributed by atoms with van der Waals surface area (Å²) >= 11 is 0. The molecule has 1 unspecified atom stereocenters. The zero-order valence-corrected chi connectivity index (χ0v) is 11.6. The molecule has 0 bridgehead atoms. The van der Waals surface area contributed by atoms with E-state index in [0.717, 1.165) is 25.7 Å². The molecule has 2 rings (SSSR count). The van der Waals surface area contributed by atoms with Crippen LogP contribution in [0, 0.1) is 0 Å². The minimum absolute atomic E-state index is 0.115. The molecule has 0 heterocycles. The lowest BCUT2D eigenvalue weighted by molar-refractivity contribution is -0.140. The van der Waals surface area contributed by atoms with Crippen molar-refractivity contribution in [2.75, 3.05) is 7.11 Å². The van der Waals surface area contributed by atoms with Crippen molar-refractivity contribution < 1.29 is 19.7 Å². The van der Waals surface area contributed by atoms with Crippen molar-refractivity contribution in [1.29, 1.82) is 0 Å². The number of carboxylic acid groups (broad SMARTS) is 1. The molecule has 0 amide bonds. The van der Waals surface area contributed by atoms with E-state index in [1.807, 2.05) is 6.07 Å². The Labute approximate surface area is 118 Å². The zero-order chi connectivity index (χ0) is 14.5. The highest BCUT2D eigenvalue weighted by Gasteiger charge is 2.28. The standard InChI is InChI=1S/C15H21NO4/c1-20-13-5-3-2-4-12(13)14(15(18)19)16-10-6-8-11(17)9-7-10/h2-5,10-11,14,16-17H,6-9H2,1H3,(H,18,19). The van der Waals surface area contributed by atoms with Crippen LogP contribution in [0.15, 0.2) is 24.3 Å². The number of aliphatic hydroxyl groups is 1. The number of carbonyl (C=O) groups is 1. The van der Waals surface area contributed by atoms with Crippen LogP contribution < -0.4 is 10.1 Å². The summed E-state index contributed by atoms with van der Waals surface area (Å²) in [5, 5.41) is 22.1. The molecular formula is C15H21NO4. The van der Waals surface area contributed by atoms with Gasteiger partial charge in [0.25, 0.3) is 0 Å². The lowest BCUT2D eigenvalue weighted by Gasteiger charge is -2.29. The third kappa shape index (κ3) is 3.49. The predicted octanol–water partition coefficient (Wildman–Crippen LogP) is 1.71. The normalized spacial score (nSPS) is 24.1. The fourth-order valence-corrected chi connectivity index (χ4v) is 2.68. The van der Waals surface area contributed by atoms with Gasteiger partial charge in [-0.05, 0) is 31.7 Å². The van der Waals surface area contributed by atoms with Gasteiger partial charge in [0, 0.05) is 11.6 Å². The van der Waals surface area contributed by atoms with Crippen LogP contribution in [0.5, 0.6) is 5.75 Å². The molecule has 20 heavy (non-hydrogen) atoms. The summed E-state index contributed by atoms with van der Waals surface area (Å²) in [4.78, 5) is 11.5. The first-order valence-corrected chi connectivity index (χ1v) is 6.91. The van der Waals surface area contributed by atoms with Crippen molar-refractivity contribution in [3.63, 3.8) is 0 Å². The molecule has 1 aliphatic carbocycles. The van der Waals surface area contributed by atoms with Gasteiger partial charge in [0.1, 0.15) is 11.8 Å². The van der Waals surface area contributed by atoms with Gasteiger partial charge < -0.3 is 14.9 Å². The van der Waals surface area contributed by atoms with E-state index >= 15 is 0 Å². The summed E-state index contributed by atoms with van der Waals surface area (Å²) in [6.45, 7) is 0. The smallest absolute Gasteiger partial charge is 0.325 e. The molecule has 1 atom stereocenters. The molecule has 0 radical (unpaired) electrons. The first kappa shape index (κ1) is 14.8. The molecular weight excluding hydrogens is 258 g/mol. The Morgan fingerprint density at radius 1 is 1.30 bits per heavy atom. The maximum atomic E-state index is 11.5. The number of para-hydroxylation sites is 1. The van der Waals surface area contributed by atoms with Crippen molar-refractivity contribution >= 4 is 5.97 Å². The molecule has 1 saturated carbocycles.